The summed E-state index contributed by atoms with van der Waals surface area (Å²) in [5.41, 5.74) is 1.01. The van der Waals surface area contributed by atoms with Gasteiger partial charge in [0.25, 0.3) is 11.8 Å². The Morgan fingerprint density at radius 1 is 1.14 bits per heavy atom. The molecule has 0 radical (unpaired) electrons. The van der Waals surface area contributed by atoms with E-state index in [0.29, 0.717) is 15.8 Å². The number of hydrogen-bond donors (Lipinski definition) is 3. The molecule has 1 aliphatic heterocycles. The Morgan fingerprint density at radius 3 is 2.66 bits per heavy atom. The van der Waals surface area contributed by atoms with Crippen LogP contribution in [0.15, 0.2) is 42.5 Å². The number of benzene rings is 2. The molecule has 35 heavy (non-hydrogen) atoms. The van der Waals surface area contributed by atoms with Crippen LogP contribution in [0.25, 0.3) is 10.1 Å². The summed E-state index contributed by atoms with van der Waals surface area (Å²) in [7, 11) is 1.44. The van der Waals surface area contributed by atoms with Crippen molar-refractivity contribution in [2.75, 3.05) is 12.4 Å². The number of rotatable bonds is 4. The van der Waals surface area contributed by atoms with Crippen molar-refractivity contribution in [3.05, 3.63) is 81.8 Å². The Balaban J connectivity index is 1.63. The Bertz CT molecular complexity index is 1530. The van der Waals surface area contributed by atoms with E-state index in [1.807, 2.05) is 0 Å². The van der Waals surface area contributed by atoms with Crippen LogP contribution < -0.4 is 16.0 Å². The van der Waals surface area contributed by atoms with Gasteiger partial charge in [0.2, 0.25) is 5.91 Å². The lowest BCUT2D eigenvalue weighted by atomic mass is 10.0. The van der Waals surface area contributed by atoms with Gasteiger partial charge in [-0.1, -0.05) is 11.6 Å². The molecule has 3 N–H and O–H groups in total. The van der Waals surface area contributed by atoms with Gasteiger partial charge in [-0.15, -0.1) is 0 Å². The molecule has 0 spiro atoms. The predicted octanol–water partition coefficient (Wildman–Crippen LogP) is 3.86. The SMILES string of the molecule is CNC(=O)c1cc(NC(=O)c2nsc3cc(F)ccc23)c2n1CC(=O)NC2c1cc(F)ccc1Cl. The minimum absolute atomic E-state index is 0.0756. The van der Waals surface area contributed by atoms with E-state index < -0.39 is 35.4 Å². The average Bonchev–Trinajstić information content (AvgIpc) is 3.40. The van der Waals surface area contributed by atoms with E-state index in [2.05, 4.69) is 20.3 Å². The van der Waals surface area contributed by atoms with Crippen molar-refractivity contribution in [2.45, 2.75) is 12.6 Å². The van der Waals surface area contributed by atoms with Gasteiger partial charge in [-0.05, 0) is 54.0 Å². The van der Waals surface area contributed by atoms with Crippen molar-refractivity contribution in [3.63, 3.8) is 0 Å². The van der Waals surface area contributed by atoms with E-state index in [1.165, 1.54) is 54.1 Å². The standard InChI is InChI=1S/C23H16ClF2N5O3S/c1-27-22(33)16-8-15(28-23(34)20-12-4-2-11(26)7-17(12)35-30-20)21-19(29-18(32)9-31(16)21)13-6-10(25)3-5-14(13)24/h2-8,19H,9H2,1H3,(H,27,33)(H,28,34)(H,29,32). The fourth-order valence-electron chi connectivity index (χ4n) is 4.10. The van der Waals surface area contributed by atoms with E-state index in [9.17, 15) is 23.2 Å². The number of amides is 3. The largest absolute Gasteiger partial charge is 0.354 e. The van der Waals surface area contributed by atoms with E-state index in [0.717, 1.165) is 11.5 Å². The number of hydrogen-bond acceptors (Lipinski definition) is 5. The number of nitrogens with one attached hydrogen (secondary N) is 3. The van der Waals surface area contributed by atoms with Crippen LogP contribution in [0.3, 0.4) is 0 Å². The molecule has 3 amide bonds. The Hall–Kier alpha value is -3.83. The molecule has 0 saturated carbocycles. The lowest BCUT2D eigenvalue weighted by Gasteiger charge is -2.29. The summed E-state index contributed by atoms with van der Waals surface area (Å²) in [6.45, 7) is -0.198. The number of aromatic nitrogens is 2. The number of carbonyl (C=O) groups excluding carboxylic acids is 3. The summed E-state index contributed by atoms with van der Waals surface area (Å²) in [4.78, 5) is 38.3. The van der Waals surface area contributed by atoms with E-state index in [-0.39, 0.29) is 34.2 Å². The fourth-order valence-corrected chi connectivity index (χ4v) is 5.12. The van der Waals surface area contributed by atoms with Gasteiger partial charge in [0, 0.05) is 23.0 Å². The molecule has 3 heterocycles. The molecular formula is C23H16ClF2N5O3S. The number of nitrogens with zero attached hydrogens (tertiary/aromatic N) is 2. The number of carbonyl (C=O) groups is 3. The van der Waals surface area contributed by atoms with Gasteiger partial charge in [-0.2, -0.15) is 4.37 Å². The first-order chi connectivity index (χ1) is 16.8. The molecule has 0 fully saturated rings. The van der Waals surface area contributed by atoms with Crippen LogP contribution in [0.4, 0.5) is 14.5 Å². The number of halogens is 3. The van der Waals surface area contributed by atoms with Crippen LogP contribution in [0, 0.1) is 11.6 Å². The maximum absolute atomic E-state index is 14.1. The summed E-state index contributed by atoms with van der Waals surface area (Å²) in [5, 5.41) is 8.68. The highest BCUT2D eigenvalue weighted by atomic mass is 35.5. The second kappa shape index (κ2) is 8.75. The van der Waals surface area contributed by atoms with Crippen LogP contribution in [0.5, 0.6) is 0 Å². The van der Waals surface area contributed by atoms with Gasteiger partial charge >= 0.3 is 0 Å². The smallest absolute Gasteiger partial charge is 0.276 e. The summed E-state index contributed by atoms with van der Waals surface area (Å²) in [6.07, 6.45) is 0. The quantitative estimate of drug-likeness (QED) is 0.384. The molecule has 1 atom stereocenters. The summed E-state index contributed by atoms with van der Waals surface area (Å²) in [6, 6.07) is 8.19. The van der Waals surface area contributed by atoms with Crippen molar-refractivity contribution in [2.24, 2.45) is 0 Å². The van der Waals surface area contributed by atoms with Crippen molar-refractivity contribution < 1.29 is 23.2 Å². The number of fused-ring (bicyclic) bond motifs is 2. The van der Waals surface area contributed by atoms with Gasteiger partial charge in [0.15, 0.2) is 0 Å². The maximum Gasteiger partial charge on any atom is 0.276 e. The molecule has 178 valence electrons. The van der Waals surface area contributed by atoms with Crippen LogP contribution in [0.2, 0.25) is 5.02 Å². The van der Waals surface area contributed by atoms with Crippen molar-refractivity contribution in [1.29, 1.82) is 0 Å². The molecule has 0 bridgehead atoms. The van der Waals surface area contributed by atoms with Crippen LogP contribution >= 0.6 is 23.1 Å². The van der Waals surface area contributed by atoms with Gasteiger partial charge < -0.3 is 20.5 Å². The van der Waals surface area contributed by atoms with E-state index in [4.69, 9.17) is 11.6 Å². The lowest BCUT2D eigenvalue weighted by Crippen LogP contribution is -2.40. The minimum Gasteiger partial charge on any atom is -0.354 e. The third-order valence-corrected chi connectivity index (χ3v) is 6.80. The molecule has 4 aromatic rings. The average molecular weight is 516 g/mol. The molecule has 1 unspecified atom stereocenters. The van der Waals surface area contributed by atoms with Crippen molar-refractivity contribution in [3.8, 4) is 0 Å². The molecule has 0 saturated heterocycles. The van der Waals surface area contributed by atoms with Crippen molar-refractivity contribution in [1.82, 2.24) is 19.6 Å². The molecule has 5 rings (SSSR count). The molecule has 12 heteroatoms. The second-order valence-corrected chi connectivity index (χ2v) is 9.00. The van der Waals surface area contributed by atoms with E-state index >= 15 is 0 Å². The first-order valence-corrected chi connectivity index (χ1v) is 11.5. The summed E-state index contributed by atoms with van der Waals surface area (Å²) < 4.78 is 33.8. The third-order valence-electron chi connectivity index (χ3n) is 5.65. The lowest BCUT2D eigenvalue weighted by molar-refractivity contribution is -0.123. The summed E-state index contributed by atoms with van der Waals surface area (Å²) in [5.74, 6) is -2.52. The highest BCUT2D eigenvalue weighted by Crippen LogP contribution is 2.38. The molecule has 8 nitrogen and oxygen atoms in total. The topological polar surface area (TPSA) is 105 Å². The van der Waals surface area contributed by atoms with Gasteiger partial charge in [0.1, 0.15) is 29.6 Å². The van der Waals surface area contributed by atoms with Gasteiger partial charge in [-0.25, -0.2) is 8.78 Å². The van der Waals surface area contributed by atoms with E-state index in [1.54, 1.807) is 0 Å². The Labute approximate surface area is 206 Å². The minimum atomic E-state index is -0.950. The summed E-state index contributed by atoms with van der Waals surface area (Å²) >= 11 is 7.30. The van der Waals surface area contributed by atoms with Crippen LogP contribution in [0.1, 0.15) is 38.3 Å². The maximum atomic E-state index is 14.1. The molecule has 1 aliphatic rings. The molecule has 2 aromatic heterocycles. The third kappa shape index (κ3) is 4.02. The monoisotopic (exact) mass is 515 g/mol. The highest BCUT2D eigenvalue weighted by molar-refractivity contribution is 7.13. The molecular weight excluding hydrogens is 500 g/mol. The van der Waals surface area contributed by atoms with Gasteiger partial charge in [-0.3, -0.25) is 14.4 Å². The molecule has 0 aliphatic carbocycles. The number of anilines is 1. The predicted molar refractivity (Wildman–Crippen MR) is 127 cm³/mol. The first-order valence-electron chi connectivity index (χ1n) is 10.3. The van der Waals surface area contributed by atoms with Gasteiger partial charge in [0.05, 0.1) is 22.1 Å². The van der Waals surface area contributed by atoms with Crippen molar-refractivity contribution >= 4 is 56.6 Å². The van der Waals surface area contributed by atoms with Crippen LogP contribution in [-0.4, -0.2) is 33.7 Å². The normalized spacial score (nSPS) is 15.0. The fraction of sp³-hybridized carbons (Fsp3) is 0.130. The zero-order chi connectivity index (χ0) is 24.9. The first kappa shape index (κ1) is 22.9. The Kier molecular flexibility index (Phi) is 5.73. The van der Waals surface area contributed by atoms with Crippen LogP contribution in [-0.2, 0) is 11.3 Å². The Morgan fingerprint density at radius 2 is 1.89 bits per heavy atom. The molecule has 2 aromatic carbocycles. The second-order valence-electron chi connectivity index (χ2n) is 7.79. The highest BCUT2D eigenvalue weighted by Gasteiger charge is 2.34. The zero-order valence-electron chi connectivity index (χ0n) is 18.0. The zero-order valence-corrected chi connectivity index (χ0v) is 19.6.